The summed E-state index contributed by atoms with van der Waals surface area (Å²) in [5, 5.41) is 43.1. The van der Waals surface area contributed by atoms with E-state index in [0.717, 1.165) is 32.5 Å². The van der Waals surface area contributed by atoms with Crippen molar-refractivity contribution in [3.63, 3.8) is 0 Å². The minimum absolute atomic E-state index is 0.00179. The number of nitrogens with two attached hydrogens (primary N) is 2. The standard InChI is InChI=1S/C52H69N11O11S2/c1-30-45(66)59-40(26-34-27-55-36-19-10-9-18-35(34)36)49(70)58-37(20-11-12-22-53)46(67)63-44(31(2)64)51(72)61-39(25-33-16-7-4-8-17-33)48(69)62-42(52(73)74)29-76-75-28-41(57-43(65)21-13-23-54)50(71)60-38(47(68)56-30)24-32-14-5-3-6-15-32/h3-10,14-19,27,30-31,37-42,44,55,64H,11-13,20-26,28-29,53-54H2,1-2H3,(H,56,68)(H,57,65)(H,58,70)(H,59,66)(H,60,71)(H,61,72)(H,62,69)(H,63,67)(H,73,74)/t30-,31+,37-,38-,39-,40-,41-,42-,44-/m0/s1. The molecule has 0 saturated carbocycles. The highest BCUT2D eigenvalue weighted by molar-refractivity contribution is 8.76. The lowest BCUT2D eigenvalue weighted by Crippen LogP contribution is -2.62. The lowest BCUT2D eigenvalue weighted by Gasteiger charge is -2.28. The first-order chi connectivity index (χ1) is 36.5. The summed E-state index contributed by atoms with van der Waals surface area (Å²) in [5.74, 6) is -8.34. The van der Waals surface area contributed by atoms with E-state index in [1.165, 1.54) is 13.8 Å². The Kier molecular flexibility index (Phi) is 24.1. The highest BCUT2D eigenvalue weighted by Crippen LogP contribution is 2.24. The number of nitrogens with one attached hydrogen (secondary N) is 9. The number of amides is 8. The predicted octanol–water partition coefficient (Wildman–Crippen LogP) is -0.178. The van der Waals surface area contributed by atoms with Crippen molar-refractivity contribution < 1.29 is 53.4 Å². The molecule has 5 rings (SSSR count). The summed E-state index contributed by atoms with van der Waals surface area (Å²) in [6.07, 6.45) is 0.864. The second kappa shape index (κ2) is 30.5. The fourth-order valence-electron chi connectivity index (χ4n) is 8.14. The third-order valence-electron chi connectivity index (χ3n) is 12.4. The number of hydrogen-bond acceptors (Lipinski definition) is 14. The van der Waals surface area contributed by atoms with Gasteiger partial charge in [0.1, 0.15) is 48.3 Å². The van der Waals surface area contributed by atoms with Gasteiger partial charge in [0.2, 0.25) is 47.3 Å². The molecule has 0 spiro atoms. The van der Waals surface area contributed by atoms with E-state index in [2.05, 4.69) is 47.5 Å². The van der Waals surface area contributed by atoms with E-state index in [4.69, 9.17) is 11.5 Å². The number of unbranched alkanes of at least 4 members (excludes halogenated alkanes) is 1. The molecule has 1 aliphatic heterocycles. The van der Waals surface area contributed by atoms with Crippen LogP contribution in [0.5, 0.6) is 0 Å². The van der Waals surface area contributed by atoms with Crippen LogP contribution in [0.2, 0.25) is 0 Å². The van der Waals surface area contributed by atoms with E-state index >= 15 is 0 Å². The van der Waals surface area contributed by atoms with Crippen LogP contribution in [0.25, 0.3) is 10.9 Å². The monoisotopic (exact) mass is 1090 g/mol. The molecule has 9 atom stereocenters. The SMILES string of the molecule is C[C@@H]1NC(=O)[C@H](Cc2ccccc2)NC(=O)[C@@H](NC(=O)CCCN)CSSC[C@@H](C(=O)O)NC(=O)[C@H](Cc2ccccc2)NC(=O)[C@H]([C@@H](C)O)NC(=O)[C@H](CCCCN)NC(=O)[C@H](Cc2c[nH]c3ccccc23)NC1=O. The fourth-order valence-corrected chi connectivity index (χ4v) is 10.5. The molecule has 22 nitrogen and oxygen atoms in total. The third kappa shape index (κ3) is 18.7. The van der Waals surface area contributed by atoms with Gasteiger partial charge in [-0.05, 0) is 75.4 Å². The van der Waals surface area contributed by atoms with Gasteiger partial charge in [0.05, 0.1) is 6.10 Å². The summed E-state index contributed by atoms with van der Waals surface area (Å²) < 4.78 is 0. The number of aromatic amines is 1. The van der Waals surface area contributed by atoms with Crippen molar-refractivity contribution in [2.75, 3.05) is 24.6 Å². The molecule has 8 amide bonds. The lowest BCUT2D eigenvalue weighted by molar-refractivity contribution is -0.141. The summed E-state index contributed by atoms with van der Waals surface area (Å²) in [4.78, 5) is 129. The number of carbonyl (C=O) groups is 9. The number of benzene rings is 3. The molecule has 2 heterocycles. The Morgan fingerprint density at radius 2 is 1.14 bits per heavy atom. The zero-order valence-electron chi connectivity index (χ0n) is 42.4. The summed E-state index contributed by atoms with van der Waals surface area (Å²) in [6, 6.07) is 13.2. The van der Waals surface area contributed by atoms with E-state index in [1.54, 1.807) is 72.9 Å². The molecule has 24 heteroatoms. The average molecular weight is 1090 g/mol. The highest BCUT2D eigenvalue weighted by Gasteiger charge is 2.36. The Balaban J connectivity index is 1.55. The number of carboxylic acid groups (broad SMARTS) is 1. The highest BCUT2D eigenvalue weighted by atomic mass is 33.1. The molecular weight excluding hydrogens is 1020 g/mol. The van der Waals surface area contributed by atoms with Gasteiger partial charge in [-0.2, -0.15) is 0 Å². The van der Waals surface area contributed by atoms with Crippen LogP contribution in [0.1, 0.15) is 62.6 Å². The van der Waals surface area contributed by atoms with Crippen molar-refractivity contribution >= 4 is 85.7 Å². The van der Waals surface area contributed by atoms with Crippen LogP contribution in [-0.4, -0.2) is 147 Å². The quantitative estimate of drug-likeness (QED) is 0.0512. The lowest BCUT2D eigenvalue weighted by atomic mass is 10.0. The molecule has 0 aliphatic carbocycles. The molecule has 4 aromatic rings. The first-order valence-electron chi connectivity index (χ1n) is 25.1. The van der Waals surface area contributed by atoms with Crippen molar-refractivity contribution in [1.29, 1.82) is 0 Å². The largest absolute Gasteiger partial charge is 0.480 e. The van der Waals surface area contributed by atoms with Crippen LogP contribution in [0.15, 0.2) is 91.1 Å². The van der Waals surface area contributed by atoms with Crippen molar-refractivity contribution in [1.82, 2.24) is 47.5 Å². The summed E-state index contributed by atoms with van der Waals surface area (Å²) in [6.45, 7) is 3.07. The number of aliphatic carboxylic acids is 1. The van der Waals surface area contributed by atoms with Gasteiger partial charge in [-0.15, -0.1) is 0 Å². The molecule has 0 radical (unpaired) electrons. The Morgan fingerprint density at radius 3 is 1.76 bits per heavy atom. The number of para-hydroxylation sites is 1. The first-order valence-corrected chi connectivity index (χ1v) is 27.6. The molecule has 3 aromatic carbocycles. The minimum Gasteiger partial charge on any atom is -0.480 e. The normalized spacial score (nSPS) is 23.6. The average Bonchev–Trinajstić information content (AvgIpc) is 3.81. The maximum Gasteiger partial charge on any atom is 0.327 e. The number of aliphatic hydroxyl groups excluding tert-OH is 1. The molecule has 76 heavy (non-hydrogen) atoms. The summed E-state index contributed by atoms with van der Waals surface area (Å²) in [5.41, 5.74) is 14.0. The van der Waals surface area contributed by atoms with Gasteiger partial charge in [-0.1, -0.05) is 100 Å². The van der Waals surface area contributed by atoms with Gasteiger partial charge in [-0.25, -0.2) is 4.79 Å². The maximum absolute atomic E-state index is 14.6. The number of aromatic nitrogens is 1. The molecular formula is C52H69N11O11S2. The second-order valence-electron chi connectivity index (χ2n) is 18.4. The Bertz CT molecular complexity index is 2610. The van der Waals surface area contributed by atoms with Crippen LogP contribution in [0, 0.1) is 0 Å². The number of carboxylic acids is 1. The molecule has 410 valence electrons. The van der Waals surface area contributed by atoms with Crippen molar-refractivity contribution in [3.8, 4) is 0 Å². The van der Waals surface area contributed by atoms with Crippen molar-refractivity contribution in [2.24, 2.45) is 11.5 Å². The van der Waals surface area contributed by atoms with Gasteiger partial charge in [0, 0.05) is 54.3 Å². The molecule has 0 unspecified atom stereocenters. The number of aliphatic hydroxyl groups is 1. The zero-order valence-corrected chi connectivity index (χ0v) is 44.0. The Labute approximate surface area is 448 Å². The van der Waals surface area contributed by atoms with Gasteiger partial charge in [0.25, 0.3) is 0 Å². The van der Waals surface area contributed by atoms with Crippen LogP contribution < -0.4 is 54.0 Å². The zero-order chi connectivity index (χ0) is 55.1. The van der Waals surface area contributed by atoms with Crippen LogP contribution in [-0.2, 0) is 62.4 Å². The van der Waals surface area contributed by atoms with Gasteiger partial charge in [0.15, 0.2) is 0 Å². The maximum atomic E-state index is 14.6. The Hall–Kier alpha value is -6.99. The molecule has 1 aliphatic rings. The van der Waals surface area contributed by atoms with E-state index in [9.17, 15) is 53.4 Å². The number of carbonyl (C=O) groups excluding carboxylic acids is 8. The van der Waals surface area contributed by atoms with Crippen molar-refractivity contribution in [2.45, 2.75) is 120 Å². The smallest absolute Gasteiger partial charge is 0.327 e. The van der Waals surface area contributed by atoms with E-state index in [-0.39, 0.29) is 56.7 Å². The predicted molar refractivity (Wildman–Crippen MR) is 289 cm³/mol. The topological polar surface area (TPSA) is 358 Å². The molecule has 0 bridgehead atoms. The molecule has 1 aromatic heterocycles. The summed E-state index contributed by atoms with van der Waals surface area (Å²) in [7, 11) is 1.98. The summed E-state index contributed by atoms with van der Waals surface area (Å²) >= 11 is 0. The van der Waals surface area contributed by atoms with E-state index in [1.807, 2.05) is 18.2 Å². The number of hydrogen-bond donors (Lipinski definition) is 13. The number of H-pyrrole nitrogens is 1. The second-order valence-corrected chi connectivity index (χ2v) is 21.0. The van der Waals surface area contributed by atoms with Crippen molar-refractivity contribution in [3.05, 3.63) is 108 Å². The van der Waals surface area contributed by atoms with Gasteiger partial charge in [-0.3, -0.25) is 38.4 Å². The number of fused-ring (bicyclic) bond motifs is 1. The minimum atomic E-state index is -1.70. The fraction of sp³-hybridized carbons (Fsp3) is 0.442. The van der Waals surface area contributed by atoms with Gasteiger partial charge < -0.3 is 69.2 Å². The molecule has 1 saturated heterocycles. The molecule has 1 fully saturated rings. The van der Waals surface area contributed by atoms with Crippen LogP contribution >= 0.6 is 21.6 Å². The first kappa shape index (κ1) is 59.9. The van der Waals surface area contributed by atoms with E-state index in [0.29, 0.717) is 36.0 Å². The van der Waals surface area contributed by atoms with E-state index < -0.39 is 108 Å². The van der Waals surface area contributed by atoms with Crippen LogP contribution in [0.4, 0.5) is 0 Å². The van der Waals surface area contributed by atoms with Gasteiger partial charge >= 0.3 is 5.97 Å². The Morgan fingerprint density at radius 1 is 0.618 bits per heavy atom. The number of rotatable bonds is 16. The third-order valence-corrected chi connectivity index (χ3v) is 14.8. The van der Waals surface area contributed by atoms with Crippen LogP contribution in [0.3, 0.4) is 0 Å². The molecule has 15 N–H and O–H groups in total.